The molecule has 6 heteroatoms. The molecule has 1 N–H and O–H groups in total. The van der Waals surface area contributed by atoms with Crippen LogP contribution < -0.4 is 5.32 Å². The zero-order chi connectivity index (χ0) is 17.1. The third-order valence-electron chi connectivity index (χ3n) is 3.94. The maximum Gasteiger partial charge on any atom is 0.264 e. The standard InChI is InChI=1S/C18H20N2O2S2/c1-20(11-12-3-7-14(23-2)8-4-12)18(22)15-9-10-16(24-15)19-17(21)13-5-6-13/h3-4,7-10,13H,5-6,11H2,1-2H3,(H,19,21). The summed E-state index contributed by atoms with van der Waals surface area (Å²) in [5.41, 5.74) is 1.10. The number of carbonyl (C=O) groups excluding carboxylic acids is 2. The van der Waals surface area contributed by atoms with Crippen LogP contribution in [0.1, 0.15) is 28.1 Å². The molecule has 1 aliphatic carbocycles. The molecule has 0 atom stereocenters. The molecule has 2 amide bonds. The molecule has 1 saturated carbocycles. The number of hydrogen-bond donors (Lipinski definition) is 1. The molecule has 0 bridgehead atoms. The number of amides is 2. The van der Waals surface area contributed by atoms with Crippen molar-refractivity contribution in [3.8, 4) is 0 Å². The van der Waals surface area contributed by atoms with Crippen molar-refractivity contribution in [3.63, 3.8) is 0 Å². The molecule has 24 heavy (non-hydrogen) atoms. The minimum Gasteiger partial charge on any atom is -0.337 e. The zero-order valence-electron chi connectivity index (χ0n) is 13.7. The molecule has 1 aliphatic rings. The maximum absolute atomic E-state index is 12.5. The first kappa shape index (κ1) is 17.0. The van der Waals surface area contributed by atoms with Crippen LogP contribution in [0.15, 0.2) is 41.3 Å². The van der Waals surface area contributed by atoms with Crippen LogP contribution in [0.2, 0.25) is 0 Å². The van der Waals surface area contributed by atoms with E-state index in [2.05, 4.69) is 17.4 Å². The van der Waals surface area contributed by atoms with E-state index in [1.165, 1.54) is 16.2 Å². The molecule has 1 fully saturated rings. The Bertz CT molecular complexity index is 736. The van der Waals surface area contributed by atoms with Gasteiger partial charge in [0.2, 0.25) is 5.91 Å². The molecular weight excluding hydrogens is 340 g/mol. The molecule has 2 aromatic rings. The summed E-state index contributed by atoms with van der Waals surface area (Å²) in [6.07, 6.45) is 3.99. The number of rotatable bonds is 6. The van der Waals surface area contributed by atoms with Crippen molar-refractivity contribution in [2.24, 2.45) is 5.92 Å². The SMILES string of the molecule is CSc1ccc(CN(C)C(=O)c2ccc(NC(=O)C3CC3)s2)cc1. The summed E-state index contributed by atoms with van der Waals surface area (Å²) in [5, 5.41) is 3.63. The number of nitrogens with zero attached hydrogens (tertiary/aromatic N) is 1. The summed E-state index contributed by atoms with van der Waals surface area (Å²) in [7, 11) is 1.80. The fraction of sp³-hybridized carbons (Fsp3) is 0.333. The van der Waals surface area contributed by atoms with Gasteiger partial charge in [0.1, 0.15) is 0 Å². The van der Waals surface area contributed by atoms with E-state index in [0.717, 1.165) is 23.4 Å². The van der Waals surface area contributed by atoms with Crippen molar-refractivity contribution < 1.29 is 9.59 Å². The lowest BCUT2D eigenvalue weighted by Crippen LogP contribution is -2.25. The summed E-state index contributed by atoms with van der Waals surface area (Å²) < 4.78 is 0. The number of thioether (sulfide) groups is 1. The summed E-state index contributed by atoms with van der Waals surface area (Å²) in [6, 6.07) is 11.8. The summed E-state index contributed by atoms with van der Waals surface area (Å²) in [6.45, 7) is 0.565. The monoisotopic (exact) mass is 360 g/mol. The third kappa shape index (κ3) is 4.19. The Morgan fingerprint density at radius 2 is 1.92 bits per heavy atom. The first-order chi connectivity index (χ1) is 11.6. The summed E-state index contributed by atoms with van der Waals surface area (Å²) >= 11 is 3.03. The molecular formula is C18H20N2O2S2. The van der Waals surface area contributed by atoms with E-state index >= 15 is 0 Å². The highest BCUT2D eigenvalue weighted by atomic mass is 32.2. The summed E-state index contributed by atoms with van der Waals surface area (Å²) in [5.74, 6) is 0.206. The lowest BCUT2D eigenvalue weighted by Gasteiger charge is -2.16. The molecule has 0 unspecified atom stereocenters. The van der Waals surface area contributed by atoms with Crippen LogP contribution in [-0.2, 0) is 11.3 Å². The molecule has 1 aromatic heterocycles. The second-order valence-corrected chi connectivity index (χ2v) is 7.90. The van der Waals surface area contributed by atoms with Gasteiger partial charge in [0.05, 0.1) is 9.88 Å². The van der Waals surface area contributed by atoms with E-state index in [4.69, 9.17) is 0 Å². The molecule has 4 nitrogen and oxygen atoms in total. The molecule has 0 aliphatic heterocycles. The van der Waals surface area contributed by atoms with Crippen LogP contribution in [0.25, 0.3) is 0 Å². The minimum absolute atomic E-state index is 0.0270. The number of anilines is 1. The Labute approximate surface area is 150 Å². The van der Waals surface area contributed by atoms with Gasteiger partial charge in [0.25, 0.3) is 5.91 Å². The molecule has 0 saturated heterocycles. The predicted octanol–water partition coefficient (Wildman–Crippen LogP) is 4.09. The second-order valence-electron chi connectivity index (χ2n) is 5.94. The van der Waals surface area contributed by atoms with Crippen molar-refractivity contribution in [2.45, 2.75) is 24.3 Å². The van der Waals surface area contributed by atoms with Crippen LogP contribution in [-0.4, -0.2) is 30.0 Å². The van der Waals surface area contributed by atoms with Gasteiger partial charge in [0.15, 0.2) is 0 Å². The van der Waals surface area contributed by atoms with E-state index in [-0.39, 0.29) is 17.7 Å². The van der Waals surface area contributed by atoms with Gasteiger partial charge < -0.3 is 10.2 Å². The Balaban J connectivity index is 1.60. The van der Waals surface area contributed by atoms with E-state index in [1.54, 1.807) is 35.8 Å². The van der Waals surface area contributed by atoms with E-state index < -0.39 is 0 Å². The van der Waals surface area contributed by atoms with Crippen LogP contribution >= 0.6 is 23.1 Å². The van der Waals surface area contributed by atoms with Crippen molar-refractivity contribution in [2.75, 3.05) is 18.6 Å². The number of hydrogen-bond acceptors (Lipinski definition) is 4. The molecule has 126 valence electrons. The fourth-order valence-electron chi connectivity index (χ4n) is 2.35. The lowest BCUT2D eigenvalue weighted by molar-refractivity contribution is -0.117. The average Bonchev–Trinajstić information content (AvgIpc) is 3.35. The van der Waals surface area contributed by atoms with Crippen LogP contribution in [0.5, 0.6) is 0 Å². The normalized spacial score (nSPS) is 13.6. The number of nitrogens with one attached hydrogen (secondary N) is 1. The quantitative estimate of drug-likeness (QED) is 0.789. The van der Waals surface area contributed by atoms with Crippen molar-refractivity contribution in [3.05, 3.63) is 46.8 Å². The second kappa shape index (κ2) is 7.40. The Morgan fingerprint density at radius 1 is 1.21 bits per heavy atom. The Kier molecular flexibility index (Phi) is 5.26. The first-order valence-corrected chi connectivity index (χ1v) is 9.90. The molecule has 3 rings (SSSR count). The summed E-state index contributed by atoms with van der Waals surface area (Å²) in [4.78, 5) is 27.9. The lowest BCUT2D eigenvalue weighted by atomic mass is 10.2. The van der Waals surface area contributed by atoms with Crippen LogP contribution in [0.3, 0.4) is 0 Å². The van der Waals surface area contributed by atoms with E-state index in [0.29, 0.717) is 11.4 Å². The molecule has 0 radical (unpaired) electrons. The van der Waals surface area contributed by atoms with Crippen molar-refractivity contribution in [1.29, 1.82) is 0 Å². The highest BCUT2D eigenvalue weighted by Gasteiger charge is 2.30. The van der Waals surface area contributed by atoms with Gasteiger partial charge in [0, 0.05) is 24.4 Å². The average molecular weight is 361 g/mol. The third-order valence-corrected chi connectivity index (χ3v) is 5.67. The molecule has 1 aromatic carbocycles. The maximum atomic E-state index is 12.5. The minimum atomic E-state index is -0.0270. The number of thiophene rings is 1. The van der Waals surface area contributed by atoms with Gasteiger partial charge in [-0.05, 0) is 48.9 Å². The van der Waals surface area contributed by atoms with E-state index in [9.17, 15) is 9.59 Å². The number of carbonyl (C=O) groups is 2. The van der Waals surface area contributed by atoms with Gasteiger partial charge >= 0.3 is 0 Å². The molecule has 0 spiro atoms. The zero-order valence-corrected chi connectivity index (χ0v) is 15.4. The van der Waals surface area contributed by atoms with Gasteiger partial charge in [-0.15, -0.1) is 23.1 Å². The number of benzene rings is 1. The molecule has 1 heterocycles. The van der Waals surface area contributed by atoms with E-state index in [1.807, 2.05) is 18.4 Å². The van der Waals surface area contributed by atoms with Crippen LogP contribution in [0.4, 0.5) is 5.00 Å². The first-order valence-electron chi connectivity index (χ1n) is 7.86. The topological polar surface area (TPSA) is 49.4 Å². The van der Waals surface area contributed by atoms with Gasteiger partial charge in [-0.25, -0.2) is 0 Å². The Morgan fingerprint density at radius 3 is 2.54 bits per heavy atom. The highest BCUT2D eigenvalue weighted by Crippen LogP contribution is 2.31. The predicted molar refractivity (Wildman–Crippen MR) is 99.7 cm³/mol. The van der Waals surface area contributed by atoms with Crippen molar-refractivity contribution >= 4 is 39.9 Å². The Hall–Kier alpha value is -1.79. The smallest absolute Gasteiger partial charge is 0.264 e. The van der Waals surface area contributed by atoms with Crippen LogP contribution in [0, 0.1) is 5.92 Å². The highest BCUT2D eigenvalue weighted by molar-refractivity contribution is 7.98. The van der Waals surface area contributed by atoms with Gasteiger partial charge in [-0.3, -0.25) is 9.59 Å². The fourth-order valence-corrected chi connectivity index (χ4v) is 3.67. The van der Waals surface area contributed by atoms with Gasteiger partial charge in [-0.1, -0.05) is 12.1 Å². The van der Waals surface area contributed by atoms with Gasteiger partial charge in [-0.2, -0.15) is 0 Å². The largest absolute Gasteiger partial charge is 0.337 e. The van der Waals surface area contributed by atoms with Crippen molar-refractivity contribution in [1.82, 2.24) is 4.90 Å².